The topological polar surface area (TPSA) is 95.9 Å². The predicted octanol–water partition coefficient (Wildman–Crippen LogP) is 26.2. The summed E-state index contributed by atoms with van der Waals surface area (Å²) in [6, 6.07) is -0.541. The smallest absolute Gasteiger partial charge is 0.305 e. The molecule has 0 radical (unpaired) electrons. The van der Waals surface area contributed by atoms with Crippen molar-refractivity contribution in [2.45, 2.75) is 456 Å². The highest BCUT2D eigenvalue weighted by Crippen LogP contribution is 2.20. The van der Waals surface area contributed by atoms with Crippen LogP contribution in [-0.4, -0.2) is 47.4 Å². The Balaban J connectivity index is 3.36. The number of hydrogen-bond donors (Lipinski definition) is 3. The molecule has 1 amide bonds. The van der Waals surface area contributed by atoms with E-state index in [-0.39, 0.29) is 18.5 Å². The highest BCUT2D eigenvalue weighted by atomic mass is 16.5. The van der Waals surface area contributed by atoms with Gasteiger partial charge in [-0.05, 0) is 77.0 Å². The summed E-state index contributed by atoms with van der Waals surface area (Å²) in [6.07, 6.45) is 99.5. The van der Waals surface area contributed by atoms with Gasteiger partial charge in [0.05, 0.1) is 25.4 Å². The Morgan fingerprint density at radius 1 is 0.322 bits per heavy atom. The first-order valence-corrected chi connectivity index (χ1v) is 39.7. The fraction of sp³-hybridized carbons (Fsp3) is 0.901. The van der Waals surface area contributed by atoms with Gasteiger partial charge in [-0.1, -0.05) is 391 Å². The molecule has 0 spiro atoms. The van der Waals surface area contributed by atoms with Crippen LogP contribution < -0.4 is 5.32 Å². The number of aliphatic hydroxyl groups excluding tert-OH is 2. The summed E-state index contributed by atoms with van der Waals surface area (Å²) in [6.45, 7) is 4.95. The van der Waals surface area contributed by atoms with Crippen LogP contribution >= 0.6 is 0 Å². The van der Waals surface area contributed by atoms with E-state index in [1.54, 1.807) is 0 Å². The van der Waals surface area contributed by atoms with Gasteiger partial charge in [0.2, 0.25) is 5.91 Å². The Morgan fingerprint density at radius 3 is 0.920 bits per heavy atom. The molecule has 0 aliphatic heterocycles. The molecule has 6 heteroatoms. The molecular weight excluding hydrogens is 1070 g/mol. The van der Waals surface area contributed by atoms with Crippen LogP contribution in [0.4, 0.5) is 0 Å². The number of esters is 1. The normalized spacial score (nSPS) is 12.6. The quantitative estimate of drug-likeness (QED) is 0.0320. The van der Waals surface area contributed by atoms with Gasteiger partial charge in [0, 0.05) is 12.8 Å². The minimum Gasteiger partial charge on any atom is -0.466 e. The van der Waals surface area contributed by atoms with Crippen LogP contribution in [0.5, 0.6) is 0 Å². The Kier molecular flexibility index (Phi) is 74.8. The third-order valence-electron chi connectivity index (χ3n) is 18.7. The van der Waals surface area contributed by atoms with Crippen molar-refractivity contribution in [1.82, 2.24) is 5.32 Å². The van der Waals surface area contributed by atoms with Crippen LogP contribution in [-0.2, 0) is 14.3 Å². The van der Waals surface area contributed by atoms with Gasteiger partial charge in [-0.25, -0.2) is 0 Å². The lowest BCUT2D eigenvalue weighted by molar-refractivity contribution is -0.143. The average Bonchev–Trinajstić information content (AvgIpc) is 3.52. The van der Waals surface area contributed by atoms with Gasteiger partial charge in [-0.3, -0.25) is 9.59 Å². The molecule has 514 valence electrons. The number of allylic oxidation sites excluding steroid dienone is 6. The van der Waals surface area contributed by atoms with E-state index >= 15 is 0 Å². The number of amides is 1. The van der Waals surface area contributed by atoms with Gasteiger partial charge in [0.1, 0.15) is 0 Å². The van der Waals surface area contributed by atoms with Gasteiger partial charge in [0.15, 0.2) is 0 Å². The second-order valence-corrected chi connectivity index (χ2v) is 27.4. The molecule has 0 bridgehead atoms. The molecule has 0 saturated heterocycles. The minimum absolute atomic E-state index is 0.00422. The molecule has 0 saturated carbocycles. The average molecular weight is 1220 g/mol. The predicted molar refractivity (Wildman–Crippen MR) is 384 cm³/mol. The number of unbranched alkanes of at least 4 members (excludes halogenated alkanes) is 58. The summed E-state index contributed by atoms with van der Waals surface area (Å²) < 4.78 is 5.49. The summed E-state index contributed by atoms with van der Waals surface area (Å²) in [5, 5.41) is 23.5. The van der Waals surface area contributed by atoms with E-state index in [4.69, 9.17) is 4.74 Å². The highest BCUT2D eigenvalue weighted by molar-refractivity contribution is 5.76. The van der Waals surface area contributed by atoms with Crippen LogP contribution in [0.25, 0.3) is 0 Å². The molecule has 0 fully saturated rings. The molecule has 3 N–H and O–H groups in total. The number of hydrogen-bond acceptors (Lipinski definition) is 5. The van der Waals surface area contributed by atoms with Crippen molar-refractivity contribution >= 4 is 11.9 Å². The Bertz CT molecular complexity index is 1410. The number of carbonyl (C=O) groups excluding carboxylic acids is 2. The van der Waals surface area contributed by atoms with E-state index in [0.717, 1.165) is 51.4 Å². The molecule has 87 heavy (non-hydrogen) atoms. The summed E-state index contributed by atoms with van der Waals surface area (Å²) in [5.41, 5.74) is 0. The monoisotopic (exact) mass is 1220 g/mol. The lowest BCUT2D eigenvalue weighted by Gasteiger charge is -2.22. The molecule has 2 unspecified atom stereocenters. The van der Waals surface area contributed by atoms with E-state index in [0.29, 0.717) is 25.9 Å². The first-order chi connectivity index (χ1) is 43.0. The van der Waals surface area contributed by atoms with E-state index in [1.807, 2.05) is 0 Å². The van der Waals surface area contributed by atoms with E-state index in [9.17, 15) is 19.8 Å². The fourth-order valence-corrected chi connectivity index (χ4v) is 12.6. The molecule has 0 aromatic heterocycles. The van der Waals surface area contributed by atoms with E-state index in [2.05, 4.69) is 55.6 Å². The summed E-state index contributed by atoms with van der Waals surface area (Å²) >= 11 is 0. The fourth-order valence-electron chi connectivity index (χ4n) is 12.6. The van der Waals surface area contributed by atoms with Crippen LogP contribution in [0.15, 0.2) is 36.5 Å². The maximum atomic E-state index is 12.6. The lowest BCUT2D eigenvalue weighted by atomic mass is 10.0. The van der Waals surface area contributed by atoms with Crippen LogP contribution in [0.3, 0.4) is 0 Å². The second-order valence-electron chi connectivity index (χ2n) is 27.4. The van der Waals surface area contributed by atoms with E-state index < -0.39 is 12.1 Å². The van der Waals surface area contributed by atoms with Crippen molar-refractivity contribution in [3.8, 4) is 0 Å². The zero-order valence-electron chi connectivity index (χ0n) is 59.0. The Hall–Kier alpha value is -1.92. The van der Waals surface area contributed by atoms with Crippen molar-refractivity contribution < 1.29 is 24.5 Å². The molecule has 0 aromatic rings. The first kappa shape index (κ1) is 85.1. The summed E-state index contributed by atoms with van der Waals surface area (Å²) in [4.78, 5) is 24.6. The minimum atomic E-state index is -0.664. The van der Waals surface area contributed by atoms with Crippen LogP contribution in [0.2, 0.25) is 0 Å². The maximum Gasteiger partial charge on any atom is 0.305 e. The lowest BCUT2D eigenvalue weighted by Crippen LogP contribution is -2.45. The van der Waals surface area contributed by atoms with Crippen molar-refractivity contribution in [2.24, 2.45) is 0 Å². The molecule has 0 heterocycles. The number of aliphatic hydroxyl groups is 2. The van der Waals surface area contributed by atoms with Gasteiger partial charge < -0.3 is 20.3 Å². The highest BCUT2D eigenvalue weighted by Gasteiger charge is 2.20. The molecule has 0 rings (SSSR count). The summed E-state index contributed by atoms with van der Waals surface area (Å²) in [5.74, 6) is -0.0228. The van der Waals surface area contributed by atoms with Gasteiger partial charge in [-0.2, -0.15) is 0 Å². The maximum absolute atomic E-state index is 12.6. The molecule has 0 aliphatic carbocycles. The summed E-state index contributed by atoms with van der Waals surface area (Å²) in [7, 11) is 0. The largest absolute Gasteiger partial charge is 0.466 e. The number of ether oxygens (including phenoxy) is 1. The molecular formula is C81H155NO5. The van der Waals surface area contributed by atoms with Crippen molar-refractivity contribution in [3.63, 3.8) is 0 Å². The van der Waals surface area contributed by atoms with Crippen molar-refractivity contribution in [2.75, 3.05) is 13.2 Å². The molecule has 6 nitrogen and oxygen atoms in total. The van der Waals surface area contributed by atoms with Crippen molar-refractivity contribution in [3.05, 3.63) is 36.5 Å². The second kappa shape index (κ2) is 76.5. The zero-order valence-corrected chi connectivity index (χ0v) is 59.0. The zero-order chi connectivity index (χ0) is 62.8. The van der Waals surface area contributed by atoms with Crippen LogP contribution in [0, 0.1) is 0 Å². The standard InChI is InChI=1S/C81H155NO5/c1-3-5-7-9-11-13-15-17-19-20-21-22-23-34-37-40-43-46-49-53-57-61-65-69-73-79(84)78(77-83)82-80(85)74-70-66-62-58-54-50-47-44-41-38-35-32-30-28-26-24-25-27-29-31-33-36-39-42-45-48-52-56-60-64-68-72-76-87-81(86)75-71-67-63-59-55-51-18-16-14-12-10-8-6-4-2/h10,12,16,18,27,29,78-79,83-84H,3-9,11,13-15,17,19-26,28,30-77H2,1-2H3,(H,82,85)/b12-10-,18-16-,29-27-. The third kappa shape index (κ3) is 73.0. The van der Waals surface area contributed by atoms with Crippen LogP contribution in [0.1, 0.15) is 444 Å². The number of nitrogens with one attached hydrogen (secondary N) is 1. The van der Waals surface area contributed by atoms with Gasteiger partial charge >= 0.3 is 5.97 Å². The van der Waals surface area contributed by atoms with Gasteiger partial charge in [0.25, 0.3) is 0 Å². The SMILES string of the molecule is CCCC/C=C\C/C=C\CCCCCCCC(=O)OCCCCCCCCCCCCCC/C=C\CCCCCCCCCCCCCCCCCCC(=O)NC(CO)C(O)CCCCCCCCCCCCCCCCCCCCCCCCCC. The molecule has 2 atom stereocenters. The molecule has 0 aliphatic rings. The first-order valence-electron chi connectivity index (χ1n) is 39.7. The van der Waals surface area contributed by atoms with E-state index in [1.165, 1.54) is 360 Å². The van der Waals surface area contributed by atoms with Gasteiger partial charge in [-0.15, -0.1) is 0 Å². The number of rotatable bonds is 75. The Morgan fingerprint density at radius 2 is 0.586 bits per heavy atom. The van der Waals surface area contributed by atoms with Crippen molar-refractivity contribution in [1.29, 1.82) is 0 Å². The molecule has 0 aromatic carbocycles. The Labute approximate surface area is 544 Å². The third-order valence-corrected chi connectivity index (χ3v) is 18.7. The number of carbonyl (C=O) groups is 2.